The lowest BCUT2D eigenvalue weighted by Gasteiger charge is -2.10. The third kappa shape index (κ3) is 2.98. The van der Waals surface area contributed by atoms with Crippen LogP contribution in [0.15, 0.2) is 26.5 Å². The SMILES string of the molecule is Cc1noc(C)c1S(=O)(=O)Nc1cc(C(F)(F)F)c[nH]c1=O. The smallest absolute Gasteiger partial charge is 0.360 e. The largest absolute Gasteiger partial charge is 0.417 e. The first-order valence-electron chi connectivity index (χ1n) is 5.78. The maximum absolute atomic E-state index is 12.6. The molecule has 0 saturated heterocycles. The Hall–Kier alpha value is -2.30. The molecule has 0 fully saturated rings. The van der Waals surface area contributed by atoms with Crippen molar-refractivity contribution in [2.24, 2.45) is 0 Å². The number of H-pyrrole nitrogens is 1. The lowest BCUT2D eigenvalue weighted by atomic mass is 10.2. The minimum atomic E-state index is -4.73. The van der Waals surface area contributed by atoms with Gasteiger partial charge in [-0.2, -0.15) is 13.2 Å². The van der Waals surface area contributed by atoms with Gasteiger partial charge >= 0.3 is 6.18 Å². The van der Waals surface area contributed by atoms with Crippen molar-refractivity contribution in [2.45, 2.75) is 24.9 Å². The molecule has 7 nitrogen and oxygen atoms in total. The van der Waals surface area contributed by atoms with Crippen molar-refractivity contribution in [3.05, 3.63) is 39.6 Å². The monoisotopic (exact) mass is 337 g/mol. The van der Waals surface area contributed by atoms with E-state index in [2.05, 4.69) is 5.16 Å². The molecular formula is C11H10F3N3O4S. The quantitative estimate of drug-likeness (QED) is 0.888. The average Bonchev–Trinajstić information content (AvgIpc) is 2.70. The molecule has 0 saturated carbocycles. The van der Waals surface area contributed by atoms with Crippen LogP contribution in [0.5, 0.6) is 0 Å². The van der Waals surface area contributed by atoms with Gasteiger partial charge in [0.25, 0.3) is 15.6 Å². The minimum absolute atomic E-state index is 0.0217. The maximum atomic E-state index is 12.6. The number of aromatic nitrogens is 2. The van der Waals surface area contributed by atoms with Gasteiger partial charge in [-0.05, 0) is 19.9 Å². The van der Waals surface area contributed by atoms with Gasteiger partial charge in [-0.15, -0.1) is 0 Å². The number of nitrogens with one attached hydrogen (secondary N) is 2. The molecule has 120 valence electrons. The number of rotatable bonds is 3. The van der Waals surface area contributed by atoms with Crippen LogP contribution in [0.3, 0.4) is 0 Å². The summed E-state index contributed by atoms with van der Waals surface area (Å²) in [5, 5.41) is 3.44. The number of nitrogens with zero attached hydrogens (tertiary/aromatic N) is 1. The standard InChI is InChI=1S/C11H10F3N3O4S/c1-5-9(6(2)21-16-5)22(19,20)17-8-3-7(11(12,13)14)4-15-10(8)18/h3-4,17H,1-2H3,(H,15,18). The number of halogens is 3. The number of sulfonamides is 1. The summed E-state index contributed by atoms with van der Waals surface area (Å²) in [6.45, 7) is 2.67. The van der Waals surface area contributed by atoms with Crippen LogP contribution < -0.4 is 10.3 Å². The van der Waals surface area contributed by atoms with Crippen LogP contribution in [0.2, 0.25) is 0 Å². The van der Waals surface area contributed by atoms with Crippen molar-refractivity contribution in [2.75, 3.05) is 4.72 Å². The van der Waals surface area contributed by atoms with E-state index in [1.807, 2.05) is 9.71 Å². The second kappa shape index (κ2) is 5.16. The molecule has 0 aliphatic rings. The Morgan fingerprint density at radius 3 is 2.45 bits per heavy atom. The van der Waals surface area contributed by atoms with Gasteiger partial charge < -0.3 is 9.51 Å². The van der Waals surface area contributed by atoms with Gasteiger partial charge in [0.2, 0.25) is 0 Å². The van der Waals surface area contributed by atoms with Crippen LogP contribution in [0, 0.1) is 13.8 Å². The van der Waals surface area contributed by atoms with E-state index in [1.165, 1.54) is 13.8 Å². The Balaban J connectivity index is 2.49. The molecule has 0 bridgehead atoms. The zero-order valence-electron chi connectivity index (χ0n) is 11.3. The second-order valence-electron chi connectivity index (χ2n) is 4.39. The van der Waals surface area contributed by atoms with Gasteiger partial charge in [0.15, 0.2) is 10.7 Å². The molecule has 2 rings (SSSR count). The van der Waals surface area contributed by atoms with E-state index >= 15 is 0 Å². The molecule has 0 unspecified atom stereocenters. The predicted octanol–water partition coefficient (Wildman–Crippen LogP) is 1.80. The highest BCUT2D eigenvalue weighted by Crippen LogP contribution is 2.29. The number of pyridine rings is 1. The molecule has 2 aromatic heterocycles. The first-order valence-corrected chi connectivity index (χ1v) is 7.26. The highest BCUT2D eigenvalue weighted by molar-refractivity contribution is 7.92. The maximum Gasteiger partial charge on any atom is 0.417 e. The van der Waals surface area contributed by atoms with E-state index in [4.69, 9.17) is 4.52 Å². The van der Waals surface area contributed by atoms with E-state index < -0.39 is 33.0 Å². The first kappa shape index (κ1) is 16.1. The van der Waals surface area contributed by atoms with Gasteiger partial charge in [-0.3, -0.25) is 9.52 Å². The van der Waals surface area contributed by atoms with Gasteiger partial charge in [-0.25, -0.2) is 8.42 Å². The summed E-state index contributed by atoms with van der Waals surface area (Å²) in [7, 11) is -4.31. The molecule has 2 heterocycles. The summed E-state index contributed by atoms with van der Waals surface area (Å²) in [4.78, 5) is 13.0. The van der Waals surface area contributed by atoms with Gasteiger partial charge in [0, 0.05) is 6.20 Å². The fourth-order valence-corrected chi connectivity index (χ4v) is 3.16. The van der Waals surface area contributed by atoms with Crippen molar-refractivity contribution in [3.63, 3.8) is 0 Å². The Morgan fingerprint density at radius 2 is 1.95 bits per heavy atom. The molecule has 0 aliphatic carbocycles. The Labute approximate surface area is 122 Å². The molecule has 2 aromatic rings. The van der Waals surface area contributed by atoms with Crippen LogP contribution in [0.4, 0.5) is 18.9 Å². The fourth-order valence-electron chi connectivity index (χ4n) is 1.78. The predicted molar refractivity (Wildman–Crippen MR) is 68.9 cm³/mol. The molecule has 11 heteroatoms. The third-order valence-corrected chi connectivity index (χ3v) is 4.32. The van der Waals surface area contributed by atoms with E-state index in [0.29, 0.717) is 12.3 Å². The molecular weight excluding hydrogens is 327 g/mol. The van der Waals surface area contributed by atoms with Crippen LogP contribution >= 0.6 is 0 Å². The van der Waals surface area contributed by atoms with Crippen molar-refractivity contribution in [3.8, 4) is 0 Å². The van der Waals surface area contributed by atoms with Crippen molar-refractivity contribution < 1.29 is 26.1 Å². The molecule has 0 spiro atoms. The normalized spacial score (nSPS) is 12.4. The van der Waals surface area contributed by atoms with E-state index in [9.17, 15) is 26.4 Å². The summed E-state index contributed by atoms with van der Waals surface area (Å²) in [5.41, 5.74) is -2.94. The van der Waals surface area contributed by atoms with Crippen LogP contribution in [-0.4, -0.2) is 18.6 Å². The van der Waals surface area contributed by atoms with Crippen molar-refractivity contribution >= 4 is 15.7 Å². The summed E-state index contributed by atoms with van der Waals surface area (Å²) in [6, 6.07) is 0.411. The molecule has 0 radical (unpaired) electrons. The molecule has 2 N–H and O–H groups in total. The molecule has 0 atom stereocenters. The summed E-state index contributed by atoms with van der Waals surface area (Å²) in [6.07, 6.45) is -4.27. The fraction of sp³-hybridized carbons (Fsp3) is 0.273. The lowest BCUT2D eigenvalue weighted by Crippen LogP contribution is -2.22. The number of aromatic amines is 1. The first-order chi connectivity index (χ1) is 10.0. The highest BCUT2D eigenvalue weighted by atomic mass is 32.2. The van der Waals surface area contributed by atoms with Crippen molar-refractivity contribution in [1.29, 1.82) is 0 Å². The van der Waals surface area contributed by atoms with E-state index in [1.54, 1.807) is 0 Å². The molecule has 0 aliphatic heterocycles. The number of hydrogen-bond donors (Lipinski definition) is 2. The summed E-state index contributed by atoms with van der Waals surface area (Å²) in [5.74, 6) is -0.0478. The van der Waals surface area contributed by atoms with E-state index in [0.717, 1.165) is 0 Å². The zero-order valence-corrected chi connectivity index (χ0v) is 12.1. The molecule has 0 aromatic carbocycles. The van der Waals surface area contributed by atoms with Crippen molar-refractivity contribution in [1.82, 2.24) is 10.1 Å². The summed E-state index contributed by atoms with van der Waals surface area (Å²) < 4.78 is 68.7. The van der Waals surface area contributed by atoms with Crippen LogP contribution in [0.25, 0.3) is 0 Å². The minimum Gasteiger partial charge on any atom is -0.360 e. The topological polar surface area (TPSA) is 105 Å². The third-order valence-electron chi connectivity index (χ3n) is 2.71. The van der Waals surface area contributed by atoms with E-state index in [-0.39, 0.29) is 16.3 Å². The van der Waals surface area contributed by atoms with Gasteiger partial charge in [0.05, 0.1) is 5.56 Å². The van der Waals surface area contributed by atoms with Crippen LogP contribution in [-0.2, 0) is 16.2 Å². The lowest BCUT2D eigenvalue weighted by molar-refractivity contribution is -0.137. The second-order valence-corrected chi connectivity index (χ2v) is 6.01. The highest BCUT2D eigenvalue weighted by Gasteiger charge is 2.32. The van der Waals surface area contributed by atoms with Gasteiger partial charge in [-0.1, -0.05) is 5.16 Å². The number of hydrogen-bond acceptors (Lipinski definition) is 5. The average molecular weight is 337 g/mol. The molecule has 22 heavy (non-hydrogen) atoms. The Kier molecular flexibility index (Phi) is 3.77. The number of anilines is 1. The summed E-state index contributed by atoms with van der Waals surface area (Å²) >= 11 is 0. The number of aryl methyl sites for hydroxylation is 2. The zero-order chi connectivity index (χ0) is 16.7. The Morgan fingerprint density at radius 1 is 1.32 bits per heavy atom. The Bertz CT molecular complexity index is 848. The molecule has 0 amide bonds. The number of alkyl halides is 3. The van der Waals surface area contributed by atoms with Gasteiger partial charge in [0.1, 0.15) is 11.4 Å². The van der Waals surface area contributed by atoms with Crippen LogP contribution in [0.1, 0.15) is 17.0 Å².